The highest BCUT2D eigenvalue weighted by Gasteiger charge is 2.25. The van der Waals surface area contributed by atoms with Crippen LogP contribution in [0.3, 0.4) is 0 Å². The maximum atomic E-state index is 14.3. The monoisotopic (exact) mass is 443 g/mol. The van der Waals surface area contributed by atoms with E-state index in [-0.39, 0.29) is 5.82 Å². The molecule has 4 aromatic rings. The van der Waals surface area contributed by atoms with E-state index in [0.717, 1.165) is 40.6 Å². The van der Waals surface area contributed by atoms with Crippen LogP contribution in [0, 0.1) is 5.82 Å². The fourth-order valence-electron chi connectivity index (χ4n) is 4.50. The van der Waals surface area contributed by atoms with Gasteiger partial charge in [0, 0.05) is 22.2 Å². The van der Waals surface area contributed by atoms with Crippen LogP contribution < -0.4 is 5.32 Å². The number of benzene rings is 3. The van der Waals surface area contributed by atoms with E-state index in [2.05, 4.69) is 19.2 Å². The van der Waals surface area contributed by atoms with Gasteiger partial charge in [-0.2, -0.15) is 0 Å². The third-order valence-electron chi connectivity index (χ3n) is 6.16. The van der Waals surface area contributed by atoms with Gasteiger partial charge in [-0.25, -0.2) is 14.4 Å². The van der Waals surface area contributed by atoms with Crippen molar-refractivity contribution in [2.75, 3.05) is 5.32 Å². The van der Waals surface area contributed by atoms with Crippen LogP contribution in [0.4, 0.5) is 10.2 Å². The van der Waals surface area contributed by atoms with E-state index >= 15 is 0 Å². The molecule has 160 valence electrons. The number of hydrogen-bond acceptors (Lipinski definition) is 3. The van der Waals surface area contributed by atoms with Crippen LogP contribution >= 0.6 is 11.6 Å². The molecule has 0 spiro atoms. The molecule has 0 saturated heterocycles. The molecular formula is C27H23ClFN3. The quantitative estimate of drug-likeness (QED) is 0.349. The number of aromatic nitrogens is 2. The first-order chi connectivity index (χ1) is 15.5. The second kappa shape index (κ2) is 8.36. The zero-order valence-corrected chi connectivity index (χ0v) is 18.7. The molecule has 3 nitrogen and oxygen atoms in total. The van der Waals surface area contributed by atoms with Crippen molar-refractivity contribution < 1.29 is 4.39 Å². The fourth-order valence-corrected chi connectivity index (χ4v) is 4.72. The van der Waals surface area contributed by atoms with Gasteiger partial charge in [-0.3, -0.25) is 0 Å². The lowest BCUT2D eigenvalue weighted by atomic mass is 9.80. The third kappa shape index (κ3) is 3.65. The van der Waals surface area contributed by atoms with Crippen LogP contribution in [0.15, 0.2) is 72.3 Å². The van der Waals surface area contributed by atoms with Gasteiger partial charge in [-0.1, -0.05) is 48.9 Å². The highest BCUT2D eigenvalue weighted by molar-refractivity contribution is 6.33. The Kier molecular flexibility index (Phi) is 5.40. The normalized spacial score (nSPS) is 15.7. The van der Waals surface area contributed by atoms with E-state index in [0.29, 0.717) is 22.6 Å². The number of fused-ring (bicyclic) bond motifs is 2. The van der Waals surface area contributed by atoms with Crippen molar-refractivity contribution in [1.29, 1.82) is 0 Å². The SMILES string of the molecule is CCC1CC(C)=C(Nc2nc(-c3ccccc3Cl)nc3ccccc23)c2cc(F)ccc21. The number of nitrogens with zero attached hydrogens (tertiary/aromatic N) is 2. The Balaban J connectivity index is 1.68. The lowest BCUT2D eigenvalue weighted by Gasteiger charge is -2.29. The van der Waals surface area contributed by atoms with Gasteiger partial charge in [0.1, 0.15) is 11.6 Å². The van der Waals surface area contributed by atoms with Crippen LogP contribution in [0.25, 0.3) is 28.0 Å². The summed E-state index contributed by atoms with van der Waals surface area (Å²) in [6.45, 7) is 4.29. The lowest BCUT2D eigenvalue weighted by molar-refractivity contribution is 0.614. The first-order valence-corrected chi connectivity index (χ1v) is 11.2. The van der Waals surface area contributed by atoms with E-state index in [1.807, 2.05) is 54.6 Å². The number of nitrogens with one attached hydrogen (secondary N) is 1. The van der Waals surface area contributed by atoms with Crippen molar-refractivity contribution in [3.8, 4) is 11.4 Å². The van der Waals surface area contributed by atoms with Crippen molar-refractivity contribution >= 4 is 34.0 Å². The van der Waals surface area contributed by atoms with Gasteiger partial charge < -0.3 is 5.32 Å². The van der Waals surface area contributed by atoms with Gasteiger partial charge in [-0.15, -0.1) is 0 Å². The number of para-hydroxylation sites is 1. The Morgan fingerprint density at radius 2 is 1.78 bits per heavy atom. The molecule has 1 atom stereocenters. The van der Waals surface area contributed by atoms with Crippen LogP contribution in [0.5, 0.6) is 0 Å². The van der Waals surface area contributed by atoms with Gasteiger partial charge in [-0.05, 0) is 73.2 Å². The predicted octanol–water partition coefficient (Wildman–Crippen LogP) is 7.83. The molecule has 0 radical (unpaired) electrons. The molecule has 1 unspecified atom stereocenters. The van der Waals surface area contributed by atoms with Crippen molar-refractivity contribution in [2.45, 2.75) is 32.6 Å². The molecule has 32 heavy (non-hydrogen) atoms. The molecule has 0 fully saturated rings. The maximum Gasteiger partial charge on any atom is 0.163 e. The summed E-state index contributed by atoms with van der Waals surface area (Å²) in [5, 5.41) is 5.05. The molecule has 0 amide bonds. The average Bonchev–Trinajstić information content (AvgIpc) is 2.80. The van der Waals surface area contributed by atoms with Crippen molar-refractivity contribution in [1.82, 2.24) is 9.97 Å². The minimum absolute atomic E-state index is 0.239. The second-order valence-electron chi connectivity index (χ2n) is 8.21. The van der Waals surface area contributed by atoms with Crippen molar-refractivity contribution in [3.05, 3.63) is 94.3 Å². The van der Waals surface area contributed by atoms with Crippen molar-refractivity contribution in [2.24, 2.45) is 0 Å². The smallest absolute Gasteiger partial charge is 0.163 e. The first kappa shape index (κ1) is 20.7. The molecule has 1 aliphatic rings. The van der Waals surface area contributed by atoms with E-state index < -0.39 is 0 Å². The van der Waals surface area contributed by atoms with E-state index in [9.17, 15) is 4.39 Å². The summed E-state index contributed by atoms with van der Waals surface area (Å²) >= 11 is 6.44. The molecule has 0 bridgehead atoms. The molecule has 1 aliphatic carbocycles. The second-order valence-corrected chi connectivity index (χ2v) is 8.62. The number of anilines is 1. The molecule has 1 aromatic heterocycles. The summed E-state index contributed by atoms with van der Waals surface area (Å²) in [6.07, 6.45) is 1.94. The summed E-state index contributed by atoms with van der Waals surface area (Å²) in [5.74, 6) is 1.38. The largest absolute Gasteiger partial charge is 0.339 e. The van der Waals surface area contributed by atoms with Gasteiger partial charge in [0.05, 0.1) is 10.5 Å². The molecule has 5 rings (SSSR count). The Hall–Kier alpha value is -3.24. The van der Waals surface area contributed by atoms with E-state index in [1.165, 1.54) is 11.1 Å². The Bertz CT molecular complexity index is 1360. The van der Waals surface area contributed by atoms with Crippen molar-refractivity contribution in [3.63, 3.8) is 0 Å². The minimum Gasteiger partial charge on any atom is -0.339 e. The molecule has 1 heterocycles. The molecule has 0 saturated carbocycles. The molecular weight excluding hydrogens is 421 g/mol. The first-order valence-electron chi connectivity index (χ1n) is 10.8. The summed E-state index contributed by atoms with van der Waals surface area (Å²) in [5.41, 5.74) is 5.78. The summed E-state index contributed by atoms with van der Waals surface area (Å²) in [7, 11) is 0. The topological polar surface area (TPSA) is 37.8 Å². The highest BCUT2D eigenvalue weighted by Crippen LogP contribution is 2.41. The number of allylic oxidation sites excluding steroid dienone is 1. The zero-order chi connectivity index (χ0) is 22.2. The summed E-state index contributed by atoms with van der Waals surface area (Å²) < 4.78 is 14.3. The highest BCUT2D eigenvalue weighted by atomic mass is 35.5. The average molecular weight is 444 g/mol. The Morgan fingerprint density at radius 3 is 2.59 bits per heavy atom. The van der Waals surface area contributed by atoms with Crippen LogP contribution in [-0.4, -0.2) is 9.97 Å². The zero-order valence-electron chi connectivity index (χ0n) is 18.0. The number of rotatable bonds is 4. The fraction of sp³-hybridized carbons (Fsp3) is 0.185. The van der Waals surface area contributed by atoms with Gasteiger partial charge in [0.25, 0.3) is 0 Å². The minimum atomic E-state index is -0.239. The summed E-state index contributed by atoms with van der Waals surface area (Å²) in [4.78, 5) is 9.61. The van der Waals surface area contributed by atoms with Crippen LogP contribution in [0.1, 0.15) is 43.7 Å². The number of hydrogen-bond donors (Lipinski definition) is 1. The Labute approximate surface area is 192 Å². The summed E-state index contributed by atoms with van der Waals surface area (Å²) in [6, 6.07) is 20.5. The van der Waals surface area contributed by atoms with Gasteiger partial charge >= 0.3 is 0 Å². The Morgan fingerprint density at radius 1 is 1.00 bits per heavy atom. The predicted molar refractivity (Wildman–Crippen MR) is 130 cm³/mol. The number of halogens is 2. The van der Waals surface area contributed by atoms with E-state index in [1.54, 1.807) is 12.1 Å². The molecule has 0 aliphatic heterocycles. The van der Waals surface area contributed by atoms with Gasteiger partial charge in [0.15, 0.2) is 5.82 Å². The van der Waals surface area contributed by atoms with Gasteiger partial charge in [0.2, 0.25) is 0 Å². The van der Waals surface area contributed by atoms with Crippen LogP contribution in [0.2, 0.25) is 5.02 Å². The third-order valence-corrected chi connectivity index (χ3v) is 6.49. The van der Waals surface area contributed by atoms with E-state index in [4.69, 9.17) is 21.6 Å². The van der Waals surface area contributed by atoms with Crippen LogP contribution in [-0.2, 0) is 0 Å². The lowest BCUT2D eigenvalue weighted by Crippen LogP contribution is -2.15. The standard InChI is InChI=1S/C27H23ClFN3/c1-3-17-14-16(2)25(22-15-18(29)12-13-19(17)22)31-27-21-9-5-7-11-24(21)30-26(32-27)20-8-4-6-10-23(20)28/h4-13,15,17H,3,14H2,1-2H3,(H,30,31,32). The molecule has 5 heteroatoms. The maximum absolute atomic E-state index is 14.3. The molecule has 3 aromatic carbocycles. The molecule has 1 N–H and O–H groups in total.